The Bertz CT molecular complexity index is 233. The molecule has 3 N–H and O–H groups in total. The molecule has 1 atom stereocenters. The lowest BCUT2D eigenvalue weighted by Crippen LogP contribution is -2.53. The number of nitrogens with one attached hydrogen (secondary N) is 1. The lowest BCUT2D eigenvalue weighted by molar-refractivity contribution is 0.141. The van der Waals surface area contributed by atoms with Crippen molar-refractivity contribution in [1.29, 1.82) is 0 Å². The molecule has 0 saturated carbocycles. The van der Waals surface area contributed by atoms with E-state index < -0.39 is 0 Å². The topological polar surface area (TPSA) is 58.4 Å². The fraction of sp³-hybridized carbons (Fsp3) is 0.917. The molecule has 1 unspecified atom stereocenters. The number of carbonyl (C=O) groups is 1. The first kappa shape index (κ1) is 13.3. The molecule has 1 aliphatic rings. The summed E-state index contributed by atoms with van der Waals surface area (Å²) in [4.78, 5) is 14.0. The van der Waals surface area contributed by atoms with Crippen molar-refractivity contribution in [2.24, 2.45) is 5.73 Å². The predicted molar refractivity (Wildman–Crippen MR) is 66.3 cm³/mol. The van der Waals surface area contributed by atoms with E-state index in [0.29, 0.717) is 12.6 Å². The van der Waals surface area contributed by atoms with E-state index >= 15 is 0 Å². The first-order valence-corrected chi connectivity index (χ1v) is 6.23. The van der Waals surface area contributed by atoms with Crippen LogP contribution in [0.2, 0.25) is 0 Å². The van der Waals surface area contributed by atoms with Gasteiger partial charge >= 0.3 is 6.03 Å². The van der Waals surface area contributed by atoms with E-state index in [1.165, 1.54) is 6.42 Å². The summed E-state index contributed by atoms with van der Waals surface area (Å²) in [6.45, 7) is 7.54. The van der Waals surface area contributed by atoms with Crippen LogP contribution in [-0.2, 0) is 0 Å². The van der Waals surface area contributed by atoms with Gasteiger partial charge in [-0.2, -0.15) is 0 Å². The summed E-state index contributed by atoms with van der Waals surface area (Å²) in [6, 6.07) is 0.395. The highest BCUT2D eigenvalue weighted by molar-refractivity contribution is 5.75. The number of rotatable bonds is 2. The summed E-state index contributed by atoms with van der Waals surface area (Å²) in [6.07, 6.45) is 4.33. The molecule has 1 saturated heterocycles. The molecule has 1 fully saturated rings. The standard InChI is InChI=1S/C12H25N3O/c1-12(2,3)14-11(16)15-9-5-4-6-10(15)7-8-13/h10H,4-9,13H2,1-3H3,(H,14,16). The third kappa shape index (κ3) is 4.00. The van der Waals surface area contributed by atoms with Gasteiger partial charge in [0, 0.05) is 18.1 Å². The number of urea groups is 1. The van der Waals surface area contributed by atoms with Gasteiger partial charge in [0.15, 0.2) is 0 Å². The molecule has 0 aliphatic carbocycles. The quantitative estimate of drug-likeness (QED) is 0.754. The summed E-state index contributed by atoms with van der Waals surface area (Å²) < 4.78 is 0. The number of hydrogen-bond donors (Lipinski definition) is 2. The second-order valence-corrected chi connectivity index (χ2v) is 5.60. The van der Waals surface area contributed by atoms with E-state index in [1.807, 2.05) is 25.7 Å². The van der Waals surface area contributed by atoms with Crippen LogP contribution in [0.5, 0.6) is 0 Å². The molecule has 4 heteroatoms. The van der Waals surface area contributed by atoms with Crippen LogP contribution in [-0.4, -0.2) is 35.6 Å². The minimum atomic E-state index is -0.165. The van der Waals surface area contributed by atoms with Crippen LogP contribution in [0.15, 0.2) is 0 Å². The Balaban J connectivity index is 2.57. The summed E-state index contributed by atoms with van der Waals surface area (Å²) in [5.74, 6) is 0. The van der Waals surface area contributed by atoms with E-state index in [-0.39, 0.29) is 11.6 Å². The number of amides is 2. The number of nitrogens with two attached hydrogens (primary N) is 1. The molecule has 0 bridgehead atoms. The second kappa shape index (κ2) is 5.53. The van der Waals surface area contributed by atoms with E-state index in [2.05, 4.69) is 5.32 Å². The Morgan fingerprint density at radius 3 is 2.69 bits per heavy atom. The largest absolute Gasteiger partial charge is 0.333 e. The van der Waals surface area contributed by atoms with Crippen LogP contribution in [0.4, 0.5) is 4.79 Å². The zero-order valence-electron chi connectivity index (χ0n) is 10.8. The molecular formula is C12H25N3O. The van der Waals surface area contributed by atoms with Crippen molar-refractivity contribution in [3.63, 3.8) is 0 Å². The minimum absolute atomic E-state index is 0.0608. The van der Waals surface area contributed by atoms with Crippen molar-refractivity contribution < 1.29 is 4.79 Å². The Hall–Kier alpha value is -0.770. The number of piperidine rings is 1. The first-order chi connectivity index (χ1) is 7.44. The second-order valence-electron chi connectivity index (χ2n) is 5.60. The first-order valence-electron chi connectivity index (χ1n) is 6.23. The molecule has 0 spiro atoms. The van der Waals surface area contributed by atoms with Gasteiger partial charge in [-0.1, -0.05) is 0 Å². The maximum atomic E-state index is 12.1. The Labute approximate surface area is 98.6 Å². The van der Waals surface area contributed by atoms with Crippen molar-refractivity contribution in [2.75, 3.05) is 13.1 Å². The molecule has 4 nitrogen and oxygen atoms in total. The third-order valence-corrected chi connectivity index (χ3v) is 2.87. The molecular weight excluding hydrogens is 202 g/mol. The molecule has 2 amide bonds. The monoisotopic (exact) mass is 227 g/mol. The molecule has 1 rings (SSSR count). The van der Waals surface area contributed by atoms with Crippen LogP contribution in [0.1, 0.15) is 46.5 Å². The molecule has 0 aromatic heterocycles. The number of nitrogens with zero attached hydrogens (tertiary/aromatic N) is 1. The highest BCUT2D eigenvalue weighted by Crippen LogP contribution is 2.19. The van der Waals surface area contributed by atoms with Crippen LogP contribution >= 0.6 is 0 Å². The Kier molecular flexibility index (Phi) is 4.59. The van der Waals surface area contributed by atoms with Gasteiger partial charge in [-0.3, -0.25) is 0 Å². The van der Waals surface area contributed by atoms with Gasteiger partial charge in [0.2, 0.25) is 0 Å². The van der Waals surface area contributed by atoms with Crippen LogP contribution in [0.25, 0.3) is 0 Å². The van der Waals surface area contributed by atoms with Crippen molar-refractivity contribution in [3.8, 4) is 0 Å². The van der Waals surface area contributed by atoms with E-state index in [9.17, 15) is 4.79 Å². The predicted octanol–water partition coefficient (Wildman–Crippen LogP) is 1.70. The fourth-order valence-corrected chi connectivity index (χ4v) is 2.15. The van der Waals surface area contributed by atoms with Gasteiger partial charge in [-0.15, -0.1) is 0 Å². The number of hydrogen-bond acceptors (Lipinski definition) is 2. The average Bonchev–Trinajstić information content (AvgIpc) is 2.16. The molecule has 16 heavy (non-hydrogen) atoms. The smallest absolute Gasteiger partial charge is 0.318 e. The van der Waals surface area contributed by atoms with Gasteiger partial charge in [-0.05, 0) is 53.0 Å². The molecule has 1 heterocycles. The summed E-state index contributed by atoms with van der Waals surface area (Å²) in [7, 11) is 0. The zero-order chi connectivity index (χ0) is 12.2. The molecule has 0 aromatic carbocycles. The van der Waals surface area contributed by atoms with Crippen molar-refractivity contribution in [3.05, 3.63) is 0 Å². The van der Waals surface area contributed by atoms with Gasteiger partial charge in [0.1, 0.15) is 0 Å². The number of likely N-dealkylation sites (tertiary alicyclic amines) is 1. The van der Waals surface area contributed by atoms with Crippen LogP contribution in [0, 0.1) is 0 Å². The van der Waals surface area contributed by atoms with Gasteiger partial charge in [-0.25, -0.2) is 4.79 Å². The number of carbonyl (C=O) groups excluding carboxylic acids is 1. The molecule has 94 valence electrons. The fourth-order valence-electron chi connectivity index (χ4n) is 2.15. The lowest BCUT2D eigenvalue weighted by Gasteiger charge is -2.37. The van der Waals surface area contributed by atoms with Gasteiger partial charge in [0.05, 0.1) is 0 Å². The lowest BCUT2D eigenvalue weighted by atomic mass is 9.99. The maximum Gasteiger partial charge on any atom is 0.318 e. The summed E-state index contributed by atoms with van der Waals surface area (Å²) in [5, 5.41) is 3.02. The van der Waals surface area contributed by atoms with Crippen molar-refractivity contribution >= 4 is 6.03 Å². The van der Waals surface area contributed by atoms with E-state index in [0.717, 1.165) is 25.8 Å². The van der Waals surface area contributed by atoms with Crippen molar-refractivity contribution in [2.45, 2.75) is 58.0 Å². The summed E-state index contributed by atoms with van der Waals surface area (Å²) >= 11 is 0. The zero-order valence-corrected chi connectivity index (χ0v) is 10.8. The highest BCUT2D eigenvalue weighted by Gasteiger charge is 2.27. The average molecular weight is 227 g/mol. The minimum Gasteiger partial charge on any atom is -0.333 e. The third-order valence-electron chi connectivity index (χ3n) is 2.87. The maximum absolute atomic E-state index is 12.1. The van der Waals surface area contributed by atoms with Crippen LogP contribution in [0.3, 0.4) is 0 Å². The van der Waals surface area contributed by atoms with E-state index in [1.54, 1.807) is 0 Å². The SMILES string of the molecule is CC(C)(C)NC(=O)N1CCCCC1CCN. The van der Waals surface area contributed by atoms with Crippen LogP contribution < -0.4 is 11.1 Å². The molecule has 1 aliphatic heterocycles. The normalized spacial score (nSPS) is 22.0. The summed E-state index contributed by atoms with van der Waals surface area (Å²) in [5.41, 5.74) is 5.43. The molecule has 0 radical (unpaired) electrons. The molecule has 0 aromatic rings. The Morgan fingerprint density at radius 2 is 2.12 bits per heavy atom. The highest BCUT2D eigenvalue weighted by atomic mass is 16.2. The van der Waals surface area contributed by atoms with Gasteiger partial charge < -0.3 is 16.0 Å². The van der Waals surface area contributed by atoms with Gasteiger partial charge in [0.25, 0.3) is 0 Å². The van der Waals surface area contributed by atoms with Crippen molar-refractivity contribution in [1.82, 2.24) is 10.2 Å². The van der Waals surface area contributed by atoms with E-state index in [4.69, 9.17) is 5.73 Å². The Morgan fingerprint density at radius 1 is 1.44 bits per heavy atom.